The Balaban J connectivity index is 1.87. The summed E-state index contributed by atoms with van der Waals surface area (Å²) in [7, 11) is -3.93. The summed E-state index contributed by atoms with van der Waals surface area (Å²) in [5.41, 5.74) is -0.0280. The summed E-state index contributed by atoms with van der Waals surface area (Å²) in [5, 5.41) is 25.0. The van der Waals surface area contributed by atoms with Gasteiger partial charge in [0.25, 0.3) is 5.69 Å². The third-order valence-electron chi connectivity index (χ3n) is 4.17. The van der Waals surface area contributed by atoms with Crippen LogP contribution in [0.3, 0.4) is 0 Å². The maximum atomic E-state index is 12.9. The molecule has 2 heterocycles. The van der Waals surface area contributed by atoms with Crippen LogP contribution >= 0.6 is 0 Å². The Kier molecular flexibility index (Phi) is 4.28. The average Bonchev–Trinajstić information content (AvgIpc) is 3.09. The molecule has 1 aliphatic heterocycles. The van der Waals surface area contributed by atoms with Gasteiger partial charge in [-0.3, -0.25) is 10.1 Å². The fourth-order valence-electron chi connectivity index (χ4n) is 2.94. The molecule has 0 bridgehead atoms. The fourth-order valence-corrected chi connectivity index (χ4v) is 4.77. The largest absolute Gasteiger partial charge is 0.289 e. The summed E-state index contributed by atoms with van der Waals surface area (Å²) in [5.74, 6) is 0.593. The molecule has 1 aromatic carbocycles. The van der Waals surface area contributed by atoms with E-state index in [1.165, 1.54) is 16.4 Å². The summed E-state index contributed by atoms with van der Waals surface area (Å²) in [4.78, 5) is 10.3. The van der Waals surface area contributed by atoms with Gasteiger partial charge in [-0.1, -0.05) is 17.3 Å². The van der Waals surface area contributed by atoms with Crippen LogP contribution in [0.25, 0.3) is 0 Å². The van der Waals surface area contributed by atoms with E-state index in [2.05, 4.69) is 20.6 Å². The minimum absolute atomic E-state index is 0.0297. The number of H-pyrrole nitrogens is 1. The normalized spacial score (nSPS) is 17.0. The van der Waals surface area contributed by atoms with Gasteiger partial charge in [-0.25, -0.2) is 8.42 Å². The number of hydrogen-bond acceptors (Lipinski definition) is 7. The maximum absolute atomic E-state index is 12.9. The minimum Gasteiger partial charge on any atom is -0.258 e. The van der Waals surface area contributed by atoms with Crippen molar-refractivity contribution in [3.8, 4) is 0 Å². The zero-order valence-corrected chi connectivity index (χ0v) is 13.7. The van der Waals surface area contributed by atoms with Gasteiger partial charge in [-0.05, 0) is 25.3 Å². The topological polar surface area (TPSA) is 135 Å². The number of aromatic nitrogens is 4. The second kappa shape index (κ2) is 6.24. The molecule has 2 aromatic rings. The van der Waals surface area contributed by atoms with Crippen molar-refractivity contribution in [2.75, 3.05) is 13.1 Å². The van der Waals surface area contributed by atoms with Gasteiger partial charge in [0.05, 0.1) is 4.92 Å². The van der Waals surface area contributed by atoms with Crippen molar-refractivity contribution in [2.45, 2.75) is 30.6 Å². The molecule has 0 aliphatic carbocycles. The number of nitro groups is 1. The number of aryl methyl sites for hydroxylation is 1. The smallest absolute Gasteiger partial charge is 0.258 e. The van der Waals surface area contributed by atoms with Crippen LogP contribution in [0.15, 0.2) is 23.1 Å². The lowest BCUT2D eigenvalue weighted by Crippen LogP contribution is -2.38. The van der Waals surface area contributed by atoms with Gasteiger partial charge in [0, 0.05) is 25.1 Å². The molecular formula is C13H16N6O4S. The Bertz CT molecular complexity index is 843. The summed E-state index contributed by atoms with van der Waals surface area (Å²) in [6.45, 7) is 2.08. The zero-order chi connectivity index (χ0) is 17.3. The van der Waals surface area contributed by atoms with Crippen molar-refractivity contribution in [3.05, 3.63) is 39.7 Å². The van der Waals surface area contributed by atoms with Crippen LogP contribution < -0.4 is 0 Å². The van der Waals surface area contributed by atoms with Crippen molar-refractivity contribution in [2.24, 2.45) is 0 Å². The standard InChI is InChI=1S/C13H16N6O4S/c1-9-3-2-4-11(19(20)21)12(9)24(22,23)18-7-5-10(6-8-18)13-14-16-17-15-13/h2-4,10H,5-8H2,1H3,(H,14,15,16,17). The monoisotopic (exact) mass is 352 g/mol. The highest BCUT2D eigenvalue weighted by Gasteiger charge is 2.36. The third-order valence-corrected chi connectivity index (χ3v) is 6.26. The van der Waals surface area contributed by atoms with Gasteiger partial charge in [0.2, 0.25) is 10.0 Å². The molecule has 0 spiro atoms. The van der Waals surface area contributed by atoms with Crippen molar-refractivity contribution in [3.63, 3.8) is 0 Å². The number of nitrogens with one attached hydrogen (secondary N) is 1. The zero-order valence-electron chi connectivity index (χ0n) is 12.9. The van der Waals surface area contributed by atoms with Crippen LogP contribution in [0.1, 0.15) is 30.1 Å². The highest BCUT2D eigenvalue weighted by molar-refractivity contribution is 7.89. The second-order valence-corrected chi connectivity index (χ2v) is 7.50. The predicted octanol–water partition coefficient (Wildman–Crippen LogP) is 0.985. The predicted molar refractivity (Wildman–Crippen MR) is 82.7 cm³/mol. The van der Waals surface area contributed by atoms with Crippen LogP contribution in [-0.2, 0) is 10.0 Å². The van der Waals surface area contributed by atoms with Crippen molar-refractivity contribution >= 4 is 15.7 Å². The Hall–Kier alpha value is -2.40. The van der Waals surface area contributed by atoms with Crippen molar-refractivity contribution < 1.29 is 13.3 Å². The molecule has 3 rings (SSSR count). The number of sulfonamides is 1. The molecule has 1 N–H and O–H groups in total. The molecule has 0 unspecified atom stereocenters. The third kappa shape index (κ3) is 2.87. The number of piperidine rings is 1. The van der Waals surface area contributed by atoms with E-state index in [-0.39, 0.29) is 23.9 Å². The molecule has 128 valence electrons. The van der Waals surface area contributed by atoms with Gasteiger partial charge in [-0.2, -0.15) is 9.52 Å². The summed E-state index contributed by atoms with van der Waals surface area (Å²) in [6.07, 6.45) is 1.08. The molecular weight excluding hydrogens is 336 g/mol. The summed E-state index contributed by atoms with van der Waals surface area (Å²) in [6, 6.07) is 4.26. The van der Waals surface area contributed by atoms with Gasteiger partial charge >= 0.3 is 0 Å². The van der Waals surface area contributed by atoms with Gasteiger partial charge in [-0.15, -0.1) is 10.2 Å². The van der Waals surface area contributed by atoms with E-state index in [9.17, 15) is 18.5 Å². The Morgan fingerprint density at radius 3 is 2.62 bits per heavy atom. The first kappa shape index (κ1) is 16.5. The fraction of sp³-hybridized carbons (Fsp3) is 0.462. The molecule has 11 heteroatoms. The molecule has 0 saturated carbocycles. The first-order chi connectivity index (χ1) is 11.4. The van der Waals surface area contributed by atoms with Crippen molar-refractivity contribution in [1.29, 1.82) is 0 Å². The Labute approximate surface area is 138 Å². The van der Waals surface area contributed by atoms with E-state index in [1.807, 2.05) is 0 Å². The van der Waals surface area contributed by atoms with Crippen LogP contribution in [-0.4, -0.2) is 51.4 Å². The first-order valence-corrected chi connectivity index (χ1v) is 8.82. The quantitative estimate of drug-likeness (QED) is 0.640. The van der Waals surface area contributed by atoms with Crippen LogP contribution in [0, 0.1) is 17.0 Å². The number of benzene rings is 1. The summed E-state index contributed by atoms with van der Waals surface area (Å²) < 4.78 is 27.1. The van der Waals surface area contributed by atoms with E-state index in [1.54, 1.807) is 13.0 Å². The number of aromatic amines is 1. The van der Waals surface area contributed by atoms with Crippen LogP contribution in [0.2, 0.25) is 0 Å². The van der Waals surface area contributed by atoms with E-state index in [0.717, 1.165) is 0 Å². The highest BCUT2D eigenvalue weighted by atomic mass is 32.2. The van der Waals surface area contributed by atoms with Gasteiger partial charge < -0.3 is 0 Å². The molecule has 1 aliphatic rings. The number of tetrazole rings is 1. The Morgan fingerprint density at radius 2 is 2.04 bits per heavy atom. The molecule has 0 amide bonds. The molecule has 1 fully saturated rings. The van der Waals surface area contributed by atoms with E-state index < -0.39 is 20.6 Å². The molecule has 1 aromatic heterocycles. The molecule has 24 heavy (non-hydrogen) atoms. The number of hydrogen-bond donors (Lipinski definition) is 1. The lowest BCUT2D eigenvalue weighted by Gasteiger charge is -2.30. The number of nitro benzene ring substituents is 1. The highest BCUT2D eigenvalue weighted by Crippen LogP contribution is 2.33. The van der Waals surface area contributed by atoms with Gasteiger partial charge in [0.1, 0.15) is 0 Å². The maximum Gasteiger partial charge on any atom is 0.289 e. The lowest BCUT2D eigenvalue weighted by molar-refractivity contribution is -0.387. The van der Waals surface area contributed by atoms with E-state index in [0.29, 0.717) is 24.2 Å². The van der Waals surface area contributed by atoms with E-state index >= 15 is 0 Å². The molecule has 0 atom stereocenters. The Morgan fingerprint density at radius 1 is 1.33 bits per heavy atom. The number of rotatable bonds is 4. The lowest BCUT2D eigenvalue weighted by atomic mass is 9.98. The van der Waals surface area contributed by atoms with Gasteiger partial charge in [0.15, 0.2) is 10.7 Å². The molecule has 1 saturated heterocycles. The average molecular weight is 352 g/mol. The number of nitrogens with zero attached hydrogens (tertiary/aromatic N) is 5. The van der Waals surface area contributed by atoms with Crippen LogP contribution in [0.5, 0.6) is 0 Å². The minimum atomic E-state index is -3.93. The second-order valence-electron chi connectivity index (χ2n) is 5.63. The summed E-state index contributed by atoms with van der Waals surface area (Å²) >= 11 is 0. The van der Waals surface area contributed by atoms with Crippen LogP contribution in [0.4, 0.5) is 5.69 Å². The van der Waals surface area contributed by atoms with Crippen molar-refractivity contribution in [1.82, 2.24) is 24.9 Å². The van der Waals surface area contributed by atoms with E-state index in [4.69, 9.17) is 0 Å². The first-order valence-electron chi connectivity index (χ1n) is 7.38. The molecule has 0 radical (unpaired) electrons. The molecule has 10 nitrogen and oxygen atoms in total. The SMILES string of the molecule is Cc1cccc([N+](=O)[O-])c1S(=O)(=O)N1CCC(c2nn[nH]n2)CC1.